The van der Waals surface area contributed by atoms with Gasteiger partial charge in [-0.3, -0.25) is 0 Å². The molecule has 1 rings (SSSR count). The van der Waals surface area contributed by atoms with Crippen molar-refractivity contribution >= 4 is 0 Å². The molecule has 0 heterocycles. The lowest BCUT2D eigenvalue weighted by molar-refractivity contribution is 0.702. The van der Waals surface area contributed by atoms with Gasteiger partial charge >= 0.3 is 0 Å². The van der Waals surface area contributed by atoms with Crippen molar-refractivity contribution in [2.45, 2.75) is 93.9 Å². The van der Waals surface area contributed by atoms with E-state index in [1.807, 2.05) is 27.7 Å². The Labute approximate surface area is 118 Å². The summed E-state index contributed by atoms with van der Waals surface area (Å²) >= 11 is 0. The van der Waals surface area contributed by atoms with Gasteiger partial charge in [-0.1, -0.05) is 90.5 Å². The van der Waals surface area contributed by atoms with Crippen molar-refractivity contribution in [1.29, 1.82) is 0 Å². The third-order valence-electron chi connectivity index (χ3n) is 2.52. The fourth-order valence-corrected chi connectivity index (χ4v) is 1.35. The Bertz CT molecular complexity index is 162. The predicted molar refractivity (Wildman–Crippen MR) is 89.3 cm³/mol. The van der Waals surface area contributed by atoms with Crippen molar-refractivity contribution in [3.8, 4) is 0 Å². The molecular formula is C18H38. The molecule has 0 amide bonds. The van der Waals surface area contributed by atoms with Gasteiger partial charge in [0.2, 0.25) is 0 Å². The van der Waals surface area contributed by atoms with Crippen LogP contribution in [-0.4, -0.2) is 0 Å². The van der Waals surface area contributed by atoms with Gasteiger partial charge in [0, 0.05) is 0 Å². The van der Waals surface area contributed by atoms with Gasteiger partial charge < -0.3 is 0 Å². The van der Waals surface area contributed by atoms with Gasteiger partial charge in [-0.25, -0.2) is 0 Å². The van der Waals surface area contributed by atoms with Gasteiger partial charge in [0.25, 0.3) is 0 Å². The van der Waals surface area contributed by atoms with Gasteiger partial charge in [0.15, 0.2) is 0 Å². The first-order valence-corrected chi connectivity index (χ1v) is 8.03. The average Bonchev–Trinajstić information content (AvgIpc) is 2.45. The summed E-state index contributed by atoms with van der Waals surface area (Å²) in [5.41, 5.74) is 3.02. The molecule has 0 fully saturated rings. The topological polar surface area (TPSA) is 0 Å². The van der Waals surface area contributed by atoms with E-state index in [2.05, 4.69) is 39.8 Å². The Morgan fingerprint density at radius 3 is 1.17 bits per heavy atom. The summed E-state index contributed by atoms with van der Waals surface area (Å²) in [6.07, 6.45) is 12.5. The van der Waals surface area contributed by atoms with E-state index in [9.17, 15) is 0 Å². The minimum atomic E-state index is 1.27. The Morgan fingerprint density at radius 2 is 1.00 bits per heavy atom. The first-order chi connectivity index (χ1) is 8.70. The fourth-order valence-electron chi connectivity index (χ4n) is 1.35. The molecule has 110 valence electrons. The second-order valence-corrected chi connectivity index (χ2v) is 4.23. The Morgan fingerprint density at radius 1 is 0.722 bits per heavy atom. The first-order valence-electron chi connectivity index (χ1n) is 8.03. The lowest BCUT2D eigenvalue weighted by Crippen LogP contribution is -1.85. The molecule has 1 aliphatic carbocycles. The Kier molecular flexibility index (Phi) is 27.3. The molecule has 0 aliphatic heterocycles. The van der Waals surface area contributed by atoms with Crippen molar-refractivity contribution in [3.05, 3.63) is 23.3 Å². The third kappa shape index (κ3) is 20.8. The predicted octanol–water partition coefficient (Wildman–Crippen LogP) is 7.31. The van der Waals surface area contributed by atoms with Crippen LogP contribution in [0, 0.1) is 0 Å². The van der Waals surface area contributed by atoms with Crippen LogP contribution < -0.4 is 0 Å². The highest BCUT2D eigenvalue weighted by atomic mass is 14.0. The lowest BCUT2D eigenvalue weighted by Gasteiger charge is -2.05. The van der Waals surface area contributed by atoms with Crippen LogP contribution in [0.2, 0.25) is 0 Å². The van der Waals surface area contributed by atoms with E-state index < -0.39 is 0 Å². The zero-order valence-corrected chi connectivity index (χ0v) is 14.4. The molecular weight excluding hydrogens is 216 g/mol. The van der Waals surface area contributed by atoms with Crippen LogP contribution in [0.15, 0.2) is 23.3 Å². The van der Waals surface area contributed by atoms with Crippen LogP contribution in [0.1, 0.15) is 93.9 Å². The molecule has 0 aromatic heterocycles. The van der Waals surface area contributed by atoms with Crippen LogP contribution in [0.3, 0.4) is 0 Å². The van der Waals surface area contributed by atoms with Crippen LogP contribution in [-0.2, 0) is 0 Å². The van der Waals surface area contributed by atoms with E-state index in [0.717, 1.165) is 0 Å². The molecule has 0 radical (unpaired) electrons. The highest BCUT2D eigenvalue weighted by Crippen LogP contribution is 2.15. The summed E-state index contributed by atoms with van der Waals surface area (Å²) in [4.78, 5) is 0. The third-order valence-corrected chi connectivity index (χ3v) is 2.52. The van der Waals surface area contributed by atoms with Gasteiger partial charge in [-0.2, -0.15) is 0 Å². The van der Waals surface area contributed by atoms with Gasteiger partial charge in [0.1, 0.15) is 0 Å². The zero-order chi connectivity index (χ0) is 14.8. The summed E-state index contributed by atoms with van der Waals surface area (Å²) in [5.74, 6) is 0. The lowest BCUT2D eigenvalue weighted by atomic mass is 10.0. The maximum absolute atomic E-state index is 2.23. The van der Waals surface area contributed by atoms with Gasteiger partial charge in [-0.15, -0.1) is 0 Å². The number of rotatable bonds is 3. The molecule has 0 aromatic rings. The molecule has 18 heavy (non-hydrogen) atoms. The van der Waals surface area contributed by atoms with Crippen molar-refractivity contribution < 1.29 is 0 Å². The van der Waals surface area contributed by atoms with Crippen LogP contribution >= 0.6 is 0 Å². The smallest absolute Gasteiger partial charge is 0.0283 e. The molecule has 0 spiro atoms. The quantitative estimate of drug-likeness (QED) is 0.463. The second kappa shape index (κ2) is 21.7. The first kappa shape index (κ1) is 22.6. The normalized spacial score (nSPS) is 12.4. The van der Waals surface area contributed by atoms with E-state index >= 15 is 0 Å². The summed E-state index contributed by atoms with van der Waals surface area (Å²) in [6, 6.07) is 0. The average molecular weight is 255 g/mol. The molecule has 0 N–H and O–H groups in total. The molecule has 0 bridgehead atoms. The number of unbranched alkanes of at least 4 members (excludes halogenated alkanes) is 3. The fraction of sp³-hybridized carbons (Fsp3) is 0.778. The van der Waals surface area contributed by atoms with Gasteiger partial charge in [-0.05, 0) is 26.7 Å². The molecule has 0 aromatic carbocycles. The standard InChI is InChI=1S/C8H12.C6H14.2C2H6/c1-7-3-5-8(2)6-4-7;1-3-5-6-4-2;2*1-2/h3,5H,4,6H2,1-2H3;3-6H2,1-2H3;2*1-2H3. The van der Waals surface area contributed by atoms with E-state index in [4.69, 9.17) is 0 Å². The van der Waals surface area contributed by atoms with Crippen LogP contribution in [0.4, 0.5) is 0 Å². The molecule has 0 saturated heterocycles. The summed E-state index contributed by atoms with van der Waals surface area (Å²) in [5, 5.41) is 0. The van der Waals surface area contributed by atoms with Crippen molar-refractivity contribution in [2.75, 3.05) is 0 Å². The van der Waals surface area contributed by atoms with E-state index in [-0.39, 0.29) is 0 Å². The molecule has 1 aliphatic rings. The van der Waals surface area contributed by atoms with E-state index in [1.165, 1.54) is 49.7 Å². The highest BCUT2D eigenvalue weighted by molar-refractivity contribution is 5.20. The second-order valence-electron chi connectivity index (χ2n) is 4.23. The largest absolute Gasteiger partial charge is 0.0730 e. The minimum absolute atomic E-state index is 1.27. The SMILES string of the molecule is CC.CC.CC1=CC=C(C)CC1.CCCCCC. The minimum Gasteiger partial charge on any atom is -0.0730 e. The van der Waals surface area contributed by atoms with Gasteiger partial charge in [0.05, 0.1) is 0 Å². The van der Waals surface area contributed by atoms with E-state index in [1.54, 1.807) is 0 Å². The number of allylic oxidation sites excluding steroid dienone is 4. The Hall–Kier alpha value is -0.520. The van der Waals surface area contributed by atoms with Crippen LogP contribution in [0.5, 0.6) is 0 Å². The molecule has 0 heteroatoms. The van der Waals surface area contributed by atoms with Crippen LogP contribution in [0.25, 0.3) is 0 Å². The number of hydrogen-bond donors (Lipinski definition) is 0. The summed E-state index contributed by atoms with van der Waals surface area (Å²) in [6.45, 7) is 16.8. The molecule has 0 atom stereocenters. The van der Waals surface area contributed by atoms with Crippen molar-refractivity contribution in [1.82, 2.24) is 0 Å². The molecule has 0 nitrogen and oxygen atoms in total. The number of hydrogen-bond acceptors (Lipinski definition) is 0. The van der Waals surface area contributed by atoms with Crippen molar-refractivity contribution in [3.63, 3.8) is 0 Å². The van der Waals surface area contributed by atoms with Crippen molar-refractivity contribution in [2.24, 2.45) is 0 Å². The van der Waals surface area contributed by atoms with E-state index in [0.29, 0.717) is 0 Å². The summed E-state index contributed by atoms with van der Waals surface area (Å²) in [7, 11) is 0. The maximum atomic E-state index is 2.23. The zero-order valence-electron chi connectivity index (χ0n) is 14.4. The maximum Gasteiger partial charge on any atom is -0.0283 e. The Balaban J connectivity index is -0.000000201. The molecule has 0 saturated carbocycles. The molecule has 0 unspecified atom stereocenters. The summed E-state index contributed by atoms with van der Waals surface area (Å²) < 4.78 is 0. The monoisotopic (exact) mass is 254 g/mol. The highest BCUT2D eigenvalue weighted by Gasteiger charge is 1.95.